The summed E-state index contributed by atoms with van der Waals surface area (Å²) in [5, 5.41) is 2.83. The van der Waals surface area contributed by atoms with E-state index in [1.54, 1.807) is 18.2 Å². The van der Waals surface area contributed by atoms with Crippen LogP contribution in [0, 0.1) is 0 Å². The fraction of sp³-hybridized carbons (Fsp3) is 0.320. The number of aromatic nitrogens is 2. The van der Waals surface area contributed by atoms with Gasteiger partial charge in [0.2, 0.25) is 0 Å². The Labute approximate surface area is 199 Å². The minimum absolute atomic E-state index is 0.0246. The molecule has 2 saturated heterocycles. The standard InChI is InChI=1S/C25H22F3N5O2/c26-25(27,28)18-4-1-3-17(13-18)19-8-7-16-9-11-33(22(16)29-19)23(34)31-20-5-2-6-21(30-20)32-14-24(15-32)10-12-35-24/h1-8,13H,9-12,14-15H2,(H,30,31,34). The van der Waals surface area contributed by atoms with Gasteiger partial charge in [0.1, 0.15) is 23.1 Å². The molecule has 1 spiro atoms. The maximum atomic E-state index is 13.1. The monoisotopic (exact) mass is 481 g/mol. The van der Waals surface area contributed by atoms with Gasteiger partial charge in [-0.15, -0.1) is 0 Å². The number of fused-ring (bicyclic) bond motifs is 1. The van der Waals surface area contributed by atoms with Gasteiger partial charge in [-0.2, -0.15) is 13.2 Å². The van der Waals surface area contributed by atoms with Gasteiger partial charge in [0, 0.05) is 18.5 Å². The molecule has 0 unspecified atom stereocenters. The zero-order chi connectivity index (χ0) is 24.2. The van der Waals surface area contributed by atoms with Crippen LogP contribution in [-0.2, 0) is 17.3 Å². The number of nitrogens with zero attached hydrogens (tertiary/aromatic N) is 4. The number of halogens is 3. The van der Waals surface area contributed by atoms with Gasteiger partial charge in [0.15, 0.2) is 0 Å². The third-order valence-corrected chi connectivity index (χ3v) is 6.76. The van der Waals surface area contributed by atoms with E-state index in [0.29, 0.717) is 35.9 Å². The van der Waals surface area contributed by atoms with Crippen LogP contribution in [0.25, 0.3) is 11.3 Å². The minimum Gasteiger partial charge on any atom is -0.371 e. The van der Waals surface area contributed by atoms with Crippen LogP contribution >= 0.6 is 0 Å². The van der Waals surface area contributed by atoms with Gasteiger partial charge in [-0.3, -0.25) is 10.2 Å². The normalized spacial score (nSPS) is 18.1. The molecule has 180 valence electrons. The summed E-state index contributed by atoms with van der Waals surface area (Å²) < 4.78 is 45.1. The van der Waals surface area contributed by atoms with Crippen molar-refractivity contribution in [2.45, 2.75) is 24.6 Å². The zero-order valence-corrected chi connectivity index (χ0v) is 18.7. The second-order valence-electron chi connectivity index (χ2n) is 9.11. The van der Waals surface area contributed by atoms with E-state index in [2.05, 4.69) is 20.2 Å². The van der Waals surface area contributed by atoms with Crippen molar-refractivity contribution in [2.75, 3.05) is 41.4 Å². The molecule has 10 heteroatoms. The van der Waals surface area contributed by atoms with Crippen LogP contribution in [0.3, 0.4) is 0 Å². The SMILES string of the molecule is O=C(Nc1cccc(N2CC3(CCO3)C2)n1)N1CCc2ccc(-c3cccc(C(F)(F)F)c3)nc21. The van der Waals surface area contributed by atoms with Gasteiger partial charge in [0.05, 0.1) is 31.0 Å². The molecule has 2 fully saturated rings. The van der Waals surface area contributed by atoms with Crippen molar-refractivity contribution < 1.29 is 22.7 Å². The van der Waals surface area contributed by atoms with E-state index in [0.717, 1.165) is 49.6 Å². The highest BCUT2D eigenvalue weighted by Crippen LogP contribution is 2.38. The Balaban J connectivity index is 1.20. The van der Waals surface area contributed by atoms with E-state index in [1.807, 2.05) is 18.2 Å². The third-order valence-electron chi connectivity index (χ3n) is 6.76. The summed E-state index contributed by atoms with van der Waals surface area (Å²) in [6.45, 7) is 2.81. The van der Waals surface area contributed by atoms with Gasteiger partial charge in [-0.1, -0.05) is 24.3 Å². The molecule has 2 amide bonds. The molecule has 1 N–H and O–H groups in total. The molecule has 1 aromatic carbocycles. The maximum Gasteiger partial charge on any atom is 0.416 e. The van der Waals surface area contributed by atoms with Crippen molar-refractivity contribution in [3.8, 4) is 11.3 Å². The predicted molar refractivity (Wildman–Crippen MR) is 124 cm³/mol. The van der Waals surface area contributed by atoms with E-state index < -0.39 is 11.7 Å². The molecule has 6 rings (SSSR count). The second-order valence-corrected chi connectivity index (χ2v) is 9.11. The second kappa shape index (κ2) is 7.94. The Morgan fingerprint density at radius 2 is 1.86 bits per heavy atom. The quantitative estimate of drug-likeness (QED) is 0.586. The van der Waals surface area contributed by atoms with E-state index in [4.69, 9.17) is 4.74 Å². The van der Waals surface area contributed by atoms with Crippen molar-refractivity contribution in [3.05, 3.63) is 65.7 Å². The van der Waals surface area contributed by atoms with Crippen LogP contribution in [0.4, 0.5) is 35.4 Å². The number of urea groups is 1. The lowest BCUT2D eigenvalue weighted by Crippen LogP contribution is -2.68. The zero-order valence-electron chi connectivity index (χ0n) is 18.7. The predicted octanol–water partition coefficient (Wildman–Crippen LogP) is 4.74. The number of ether oxygens (including phenoxy) is 1. The Bertz CT molecular complexity index is 1300. The number of hydrogen-bond donors (Lipinski definition) is 1. The first-order valence-electron chi connectivity index (χ1n) is 11.4. The number of carbonyl (C=O) groups is 1. The highest BCUT2D eigenvalue weighted by atomic mass is 19.4. The Morgan fingerprint density at radius 3 is 2.60 bits per heavy atom. The van der Waals surface area contributed by atoms with Crippen molar-refractivity contribution in [1.82, 2.24) is 9.97 Å². The summed E-state index contributed by atoms with van der Waals surface area (Å²) in [4.78, 5) is 25.8. The van der Waals surface area contributed by atoms with Crippen LogP contribution < -0.4 is 15.1 Å². The number of rotatable bonds is 3. The molecule has 0 aliphatic carbocycles. The number of nitrogens with one attached hydrogen (secondary N) is 1. The van der Waals surface area contributed by atoms with E-state index in [9.17, 15) is 18.0 Å². The molecule has 0 saturated carbocycles. The molecule has 3 aliphatic heterocycles. The topological polar surface area (TPSA) is 70.6 Å². The van der Waals surface area contributed by atoms with Crippen LogP contribution in [0.2, 0.25) is 0 Å². The fourth-order valence-electron chi connectivity index (χ4n) is 4.76. The maximum absolute atomic E-state index is 13.1. The van der Waals surface area contributed by atoms with Crippen LogP contribution in [0.5, 0.6) is 0 Å². The number of benzene rings is 1. The first-order chi connectivity index (χ1) is 16.8. The summed E-state index contributed by atoms with van der Waals surface area (Å²) in [5.74, 6) is 1.64. The first kappa shape index (κ1) is 21.8. The first-order valence-corrected chi connectivity index (χ1v) is 11.4. The Morgan fingerprint density at radius 1 is 1.06 bits per heavy atom. The lowest BCUT2D eigenvalue weighted by Gasteiger charge is -2.55. The average Bonchev–Trinajstić information content (AvgIpc) is 3.20. The van der Waals surface area contributed by atoms with Gasteiger partial charge < -0.3 is 9.64 Å². The molecular formula is C25H22F3N5O2. The van der Waals surface area contributed by atoms with Crippen molar-refractivity contribution in [2.24, 2.45) is 0 Å². The molecular weight excluding hydrogens is 459 g/mol. The summed E-state index contributed by atoms with van der Waals surface area (Å²) in [6.07, 6.45) is -2.77. The number of carbonyl (C=O) groups excluding carboxylic acids is 1. The molecule has 0 radical (unpaired) electrons. The molecule has 0 bridgehead atoms. The Hall–Kier alpha value is -3.66. The minimum atomic E-state index is -4.44. The highest BCUT2D eigenvalue weighted by molar-refractivity contribution is 6.02. The third kappa shape index (κ3) is 3.97. The molecule has 2 aromatic heterocycles. The van der Waals surface area contributed by atoms with Crippen LogP contribution in [-0.4, -0.2) is 47.8 Å². The summed E-state index contributed by atoms with van der Waals surface area (Å²) in [5.41, 5.74) is 0.814. The van der Waals surface area contributed by atoms with Gasteiger partial charge in [-0.05, 0) is 42.3 Å². The van der Waals surface area contributed by atoms with Crippen molar-refractivity contribution in [1.29, 1.82) is 0 Å². The molecule has 5 heterocycles. The number of hydrogen-bond acceptors (Lipinski definition) is 5. The smallest absolute Gasteiger partial charge is 0.371 e. The number of alkyl halides is 3. The summed E-state index contributed by atoms with van der Waals surface area (Å²) in [7, 11) is 0. The summed E-state index contributed by atoms with van der Waals surface area (Å²) >= 11 is 0. The Kier molecular flexibility index (Phi) is 4.96. The van der Waals surface area contributed by atoms with Gasteiger partial charge in [0.25, 0.3) is 0 Å². The van der Waals surface area contributed by atoms with E-state index in [-0.39, 0.29) is 11.6 Å². The summed E-state index contributed by atoms with van der Waals surface area (Å²) in [6, 6.07) is 13.6. The number of amides is 2. The van der Waals surface area contributed by atoms with Gasteiger partial charge in [-0.25, -0.2) is 14.8 Å². The van der Waals surface area contributed by atoms with Gasteiger partial charge >= 0.3 is 12.2 Å². The van der Waals surface area contributed by atoms with Crippen LogP contribution in [0.15, 0.2) is 54.6 Å². The molecule has 35 heavy (non-hydrogen) atoms. The molecule has 3 aromatic rings. The fourth-order valence-corrected chi connectivity index (χ4v) is 4.76. The highest BCUT2D eigenvalue weighted by Gasteiger charge is 2.49. The lowest BCUT2D eigenvalue weighted by molar-refractivity contribution is -0.161. The van der Waals surface area contributed by atoms with E-state index in [1.165, 1.54) is 11.0 Å². The molecule has 0 atom stereocenters. The molecule has 3 aliphatic rings. The van der Waals surface area contributed by atoms with Crippen LogP contribution in [0.1, 0.15) is 17.5 Å². The number of anilines is 3. The average molecular weight is 481 g/mol. The lowest BCUT2D eigenvalue weighted by atomic mass is 9.86. The molecule has 7 nitrogen and oxygen atoms in total. The van der Waals surface area contributed by atoms with E-state index >= 15 is 0 Å². The van der Waals surface area contributed by atoms with Crippen molar-refractivity contribution in [3.63, 3.8) is 0 Å². The largest absolute Gasteiger partial charge is 0.416 e. The van der Waals surface area contributed by atoms with Crippen molar-refractivity contribution >= 4 is 23.5 Å². The number of pyridine rings is 2.